The fraction of sp³-hybridized carbons (Fsp3) is 0.689. The van der Waals surface area contributed by atoms with Crippen LogP contribution >= 0.6 is 0 Å². The van der Waals surface area contributed by atoms with Gasteiger partial charge in [0.05, 0.1) is 0 Å². The summed E-state index contributed by atoms with van der Waals surface area (Å²) in [7, 11) is 0. The van der Waals surface area contributed by atoms with Crippen molar-refractivity contribution in [1.82, 2.24) is 0 Å². The molecule has 0 radical (unpaired) electrons. The highest BCUT2D eigenvalue weighted by Crippen LogP contribution is 2.15. The third-order valence-electron chi connectivity index (χ3n) is 11.8. The van der Waals surface area contributed by atoms with E-state index in [4.69, 9.17) is 14.2 Å². The Balaban J connectivity index is 4.51. The van der Waals surface area contributed by atoms with Crippen LogP contribution in [0.5, 0.6) is 0 Å². The second-order valence-corrected chi connectivity index (χ2v) is 18.3. The Morgan fingerprint density at radius 1 is 0.313 bits per heavy atom. The average molecular weight is 931 g/mol. The topological polar surface area (TPSA) is 78.9 Å². The molecule has 0 fully saturated rings. The van der Waals surface area contributed by atoms with E-state index in [-0.39, 0.29) is 37.5 Å². The fourth-order valence-corrected chi connectivity index (χ4v) is 7.58. The molecule has 67 heavy (non-hydrogen) atoms. The van der Waals surface area contributed by atoms with Gasteiger partial charge in [-0.1, -0.05) is 266 Å². The van der Waals surface area contributed by atoms with Crippen molar-refractivity contribution >= 4 is 17.9 Å². The molecule has 0 rings (SSSR count). The van der Waals surface area contributed by atoms with Crippen molar-refractivity contribution in [3.63, 3.8) is 0 Å². The Morgan fingerprint density at radius 3 is 0.940 bits per heavy atom. The van der Waals surface area contributed by atoms with Crippen LogP contribution < -0.4 is 0 Å². The van der Waals surface area contributed by atoms with Crippen molar-refractivity contribution in [2.75, 3.05) is 13.2 Å². The quantitative estimate of drug-likeness (QED) is 0.0262. The maximum Gasteiger partial charge on any atom is 0.306 e. The van der Waals surface area contributed by atoms with Gasteiger partial charge in [0.25, 0.3) is 0 Å². The van der Waals surface area contributed by atoms with Crippen molar-refractivity contribution in [1.29, 1.82) is 0 Å². The van der Waals surface area contributed by atoms with Crippen LogP contribution in [0.3, 0.4) is 0 Å². The van der Waals surface area contributed by atoms with Crippen LogP contribution in [0.4, 0.5) is 0 Å². The largest absolute Gasteiger partial charge is 0.462 e. The van der Waals surface area contributed by atoms with E-state index in [9.17, 15) is 14.4 Å². The molecule has 0 saturated carbocycles. The maximum absolute atomic E-state index is 12.8. The van der Waals surface area contributed by atoms with Crippen LogP contribution in [0.2, 0.25) is 0 Å². The molecule has 0 bridgehead atoms. The minimum Gasteiger partial charge on any atom is -0.462 e. The van der Waals surface area contributed by atoms with Gasteiger partial charge in [0.1, 0.15) is 13.2 Å². The molecule has 6 nitrogen and oxygen atoms in total. The number of carbonyl (C=O) groups is 3. The zero-order valence-electron chi connectivity index (χ0n) is 43.6. The van der Waals surface area contributed by atoms with Gasteiger partial charge in [-0.05, 0) is 64.2 Å². The van der Waals surface area contributed by atoms with Gasteiger partial charge in [-0.25, -0.2) is 0 Å². The molecule has 0 N–H and O–H groups in total. The first-order valence-corrected chi connectivity index (χ1v) is 27.8. The Kier molecular flexibility index (Phi) is 51.9. The number of ether oxygens (including phenoxy) is 3. The van der Waals surface area contributed by atoms with Gasteiger partial charge in [-0.2, -0.15) is 0 Å². The third-order valence-corrected chi connectivity index (χ3v) is 11.8. The van der Waals surface area contributed by atoms with Gasteiger partial charge in [0, 0.05) is 19.3 Å². The molecule has 1 atom stereocenters. The number of allylic oxidation sites excluding steroid dienone is 16. The summed E-state index contributed by atoms with van der Waals surface area (Å²) < 4.78 is 16.8. The Labute approximate surface area is 413 Å². The summed E-state index contributed by atoms with van der Waals surface area (Å²) in [5, 5.41) is 0. The number of hydrogen-bond donors (Lipinski definition) is 0. The van der Waals surface area contributed by atoms with Gasteiger partial charge in [0.15, 0.2) is 6.10 Å². The third kappa shape index (κ3) is 53.2. The van der Waals surface area contributed by atoms with Crippen LogP contribution in [0.1, 0.15) is 252 Å². The van der Waals surface area contributed by atoms with E-state index < -0.39 is 6.10 Å². The monoisotopic (exact) mass is 931 g/mol. The Morgan fingerprint density at radius 2 is 0.582 bits per heavy atom. The van der Waals surface area contributed by atoms with E-state index in [0.29, 0.717) is 12.8 Å². The predicted molar refractivity (Wildman–Crippen MR) is 288 cm³/mol. The fourth-order valence-electron chi connectivity index (χ4n) is 7.58. The number of hydrogen-bond acceptors (Lipinski definition) is 6. The van der Waals surface area contributed by atoms with Gasteiger partial charge in [-0.15, -0.1) is 0 Å². The van der Waals surface area contributed by atoms with Gasteiger partial charge < -0.3 is 14.2 Å². The average Bonchev–Trinajstić information content (AvgIpc) is 3.33. The first-order valence-electron chi connectivity index (χ1n) is 27.8. The number of unbranched alkanes of at least 4 members (excludes halogenated alkanes) is 28. The molecule has 0 amide bonds. The molecular formula is C61H102O6. The summed E-state index contributed by atoms with van der Waals surface area (Å²) in [4.78, 5) is 38.1. The minimum atomic E-state index is -0.809. The van der Waals surface area contributed by atoms with Gasteiger partial charge in [-0.3, -0.25) is 14.4 Å². The molecule has 382 valence electrons. The van der Waals surface area contributed by atoms with Gasteiger partial charge >= 0.3 is 17.9 Å². The summed E-state index contributed by atoms with van der Waals surface area (Å²) in [6.45, 7) is 6.44. The molecule has 6 heteroatoms. The highest BCUT2D eigenvalue weighted by molar-refractivity contribution is 5.71. The highest BCUT2D eigenvalue weighted by atomic mass is 16.6. The first kappa shape index (κ1) is 63.3. The molecule has 0 heterocycles. The van der Waals surface area contributed by atoms with Crippen molar-refractivity contribution in [3.05, 3.63) is 97.2 Å². The maximum atomic E-state index is 12.8. The molecule has 0 spiro atoms. The van der Waals surface area contributed by atoms with Gasteiger partial charge in [0.2, 0.25) is 0 Å². The molecule has 0 saturated heterocycles. The molecule has 0 aliphatic carbocycles. The molecule has 0 aromatic carbocycles. The summed E-state index contributed by atoms with van der Waals surface area (Å²) in [6, 6.07) is 0. The normalized spacial score (nSPS) is 12.8. The van der Waals surface area contributed by atoms with E-state index in [0.717, 1.165) is 83.5 Å². The van der Waals surface area contributed by atoms with Crippen molar-refractivity contribution in [3.8, 4) is 0 Å². The summed E-state index contributed by atoms with van der Waals surface area (Å²) in [5.74, 6) is -0.970. The molecule has 0 aliphatic rings. The predicted octanol–water partition coefficient (Wildman–Crippen LogP) is 18.5. The van der Waals surface area contributed by atoms with Crippen molar-refractivity contribution in [2.45, 2.75) is 258 Å². The summed E-state index contributed by atoms with van der Waals surface area (Å²) in [6.07, 6.45) is 72.5. The lowest BCUT2D eigenvalue weighted by Crippen LogP contribution is -2.30. The Hall–Kier alpha value is -3.67. The van der Waals surface area contributed by atoms with Crippen LogP contribution in [-0.4, -0.2) is 37.2 Å². The van der Waals surface area contributed by atoms with E-state index in [1.807, 2.05) is 60.8 Å². The smallest absolute Gasteiger partial charge is 0.306 e. The molecular weight excluding hydrogens is 829 g/mol. The van der Waals surface area contributed by atoms with E-state index >= 15 is 0 Å². The van der Waals surface area contributed by atoms with Crippen LogP contribution in [0, 0.1) is 0 Å². The van der Waals surface area contributed by atoms with E-state index in [1.54, 1.807) is 0 Å². The van der Waals surface area contributed by atoms with E-state index in [1.165, 1.54) is 128 Å². The Bertz CT molecular complexity index is 1350. The number of esters is 3. The SMILES string of the molecule is CC\C=C/C=C\C=C/C=C\C=C\C=C/CCCCCC(=O)OCC(COC(=O)CCCCCCCCCCCCCCCCCC)OC(=O)CCCCC/C=C\C=C/CCCCCCCCC. The molecule has 0 aromatic heterocycles. The summed E-state index contributed by atoms with van der Waals surface area (Å²) >= 11 is 0. The highest BCUT2D eigenvalue weighted by Gasteiger charge is 2.19. The lowest BCUT2D eigenvalue weighted by atomic mass is 10.0. The molecule has 1 unspecified atom stereocenters. The van der Waals surface area contributed by atoms with Crippen LogP contribution in [0.15, 0.2) is 97.2 Å². The van der Waals surface area contributed by atoms with Crippen molar-refractivity contribution < 1.29 is 28.6 Å². The first-order chi connectivity index (χ1) is 33.0. The number of rotatable bonds is 49. The second kappa shape index (κ2) is 54.9. The standard InChI is InChI=1S/C61H102O6/c1-4-7-10-13-16-19-22-25-28-31-34-36-39-42-45-48-51-54-60(63)66-57-58(67-61(64)55-52-49-46-43-40-37-33-30-27-24-21-18-15-12-9-6-3)56-65-59(62)53-50-47-44-41-38-35-32-29-26-23-20-17-14-11-8-5-2/h7,10,13,16,19,22,25,28,30-31,33-34,36-37,39-40,58H,4-6,8-9,11-12,14-15,17-18,20-21,23-24,26-27,29,32,35,38,41-57H2,1-3H3/b10-7-,16-13-,22-19-,28-25-,33-30-,34-31+,39-36-,40-37-. The second-order valence-electron chi connectivity index (χ2n) is 18.3. The van der Waals surface area contributed by atoms with E-state index in [2.05, 4.69) is 57.2 Å². The number of carbonyl (C=O) groups excluding carboxylic acids is 3. The summed E-state index contributed by atoms with van der Waals surface area (Å²) in [5.41, 5.74) is 0. The minimum absolute atomic E-state index is 0.102. The van der Waals surface area contributed by atoms with Crippen LogP contribution in [0.25, 0.3) is 0 Å². The zero-order valence-corrected chi connectivity index (χ0v) is 43.6. The van der Waals surface area contributed by atoms with Crippen LogP contribution in [-0.2, 0) is 28.6 Å². The zero-order chi connectivity index (χ0) is 48.6. The molecule has 0 aromatic rings. The lowest BCUT2D eigenvalue weighted by Gasteiger charge is -2.18. The van der Waals surface area contributed by atoms with Crippen molar-refractivity contribution in [2.24, 2.45) is 0 Å². The lowest BCUT2D eigenvalue weighted by molar-refractivity contribution is -0.167. The molecule has 0 aliphatic heterocycles.